The highest BCUT2D eigenvalue weighted by Crippen LogP contribution is 2.34. The van der Waals surface area contributed by atoms with Gasteiger partial charge in [-0.3, -0.25) is 9.59 Å². The van der Waals surface area contributed by atoms with E-state index in [0.717, 1.165) is 6.07 Å². The summed E-state index contributed by atoms with van der Waals surface area (Å²) in [6.45, 7) is 0. The van der Waals surface area contributed by atoms with Gasteiger partial charge in [0.05, 0.1) is 11.3 Å². The van der Waals surface area contributed by atoms with Crippen LogP contribution in [0.2, 0.25) is 0 Å². The van der Waals surface area contributed by atoms with Crippen LogP contribution >= 0.6 is 0 Å². The second-order valence-corrected chi connectivity index (χ2v) is 3.23. The number of nitrogens with two attached hydrogens (primary N) is 2. The summed E-state index contributed by atoms with van der Waals surface area (Å²) in [6, 6.07) is 3.61. The maximum atomic E-state index is 13.0. The first-order chi connectivity index (χ1) is 7.50. The molecule has 2 amide bonds. The largest absolute Gasteiger partial charge is 0.366 e. The van der Waals surface area contributed by atoms with Crippen LogP contribution < -0.4 is 16.8 Å². The SMILES string of the molecule is NC(=O)C1=C(C(N)=O)c2cc(F)ccc2[N]1. The third-order valence-electron chi connectivity index (χ3n) is 2.18. The molecule has 81 valence electrons. The Morgan fingerprint density at radius 3 is 2.44 bits per heavy atom. The van der Waals surface area contributed by atoms with Gasteiger partial charge in [-0.15, -0.1) is 0 Å². The molecule has 1 aliphatic rings. The van der Waals surface area contributed by atoms with E-state index >= 15 is 0 Å². The number of carbonyl (C=O) groups is 2. The zero-order chi connectivity index (χ0) is 11.9. The minimum Gasteiger partial charge on any atom is -0.366 e. The Hall–Kier alpha value is -2.37. The normalized spacial score (nSPS) is 13.3. The first-order valence-electron chi connectivity index (χ1n) is 4.36. The summed E-state index contributed by atoms with van der Waals surface area (Å²) in [4.78, 5) is 22.2. The molecule has 1 heterocycles. The molecule has 2 rings (SSSR count). The maximum Gasteiger partial charge on any atom is 0.268 e. The molecule has 0 unspecified atom stereocenters. The van der Waals surface area contributed by atoms with E-state index in [1.807, 2.05) is 0 Å². The van der Waals surface area contributed by atoms with E-state index in [-0.39, 0.29) is 16.8 Å². The van der Waals surface area contributed by atoms with E-state index in [4.69, 9.17) is 11.5 Å². The van der Waals surface area contributed by atoms with Gasteiger partial charge in [-0.05, 0) is 18.2 Å². The van der Waals surface area contributed by atoms with E-state index in [1.54, 1.807) is 0 Å². The van der Waals surface area contributed by atoms with Crippen molar-refractivity contribution >= 4 is 23.1 Å². The van der Waals surface area contributed by atoms with Crippen molar-refractivity contribution in [2.75, 3.05) is 0 Å². The van der Waals surface area contributed by atoms with Gasteiger partial charge in [0.25, 0.3) is 11.8 Å². The predicted molar refractivity (Wildman–Crippen MR) is 53.5 cm³/mol. The topological polar surface area (TPSA) is 100 Å². The van der Waals surface area contributed by atoms with E-state index in [2.05, 4.69) is 5.32 Å². The van der Waals surface area contributed by atoms with Gasteiger partial charge in [0, 0.05) is 5.56 Å². The number of amides is 2. The minimum atomic E-state index is -0.870. The Bertz CT molecular complexity index is 537. The molecule has 0 bridgehead atoms. The summed E-state index contributed by atoms with van der Waals surface area (Å²) in [5, 5.41) is 3.83. The number of halogens is 1. The number of rotatable bonds is 2. The van der Waals surface area contributed by atoms with Crippen molar-refractivity contribution in [2.45, 2.75) is 0 Å². The summed E-state index contributed by atoms with van der Waals surface area (Å²) < 4.78 is 13.0. The molecular formula is C10H7FN3O2. The summed E-state index contributed by atoms with van der Waals surface area (Å²) in [7, 11) is 0. The highest BCUT2D eigenvalue weighted by atomic mass is 19.1. The van der Waals surface area contributed by atoms with Crippen LogP contribution in [0.1, 0.15) is 5.56 Å². The molecule has 0 atom stereocenters. The molecule has 6 heteroatoms. The average molecular weight is 220 g/mol. The van der Waals surface area contributed by atoms with E-state index in [1.165, 1.54) is 12.1 Å². The second-order valence-electron chi connectivity index (χ2n) is 3.23. The van der Waals surface area contributed by atoms with Crippen LogP contribution in [0.15, 0.2) is 23.9 Å². The van der Waals surface area contributed by atoms with Crippen LogP contribution in [0.4, 0.5) is 10.1 Å². The first kappa shape index (κ1) is 10.2. The number of primary amides is 2. The fourth-order valence-corrected chi connectivity index (χ4v) is 1.54. The molecule has 0 spiro atoms. The molecule has 0 aromatic heterocycles. The van der Waals surface area contributed by atoms with Gasteiger partial charge < -0.3 is 11.5 Å². The van der Waals surface area contributed by atoms with E-state index in [0.29, 0.717) is 5.69 Å². The van der Waals surface area contributed by atoms with Gasteiger partial charge >= 0.3 is 0 Å². The Morgan fingerprint density at radius 1 is 1.19 bits per heavy atom. The lowest BCUT2D eigenvalue weighted by atomic mass is 10.0. The van der Waals surface area contributed by atoms with E-state index < -0.39 is 17.6 Å². The number of benzene rings is 1. The van der Waals surface area contributed by atoms with Gasteiger partial charge in [-0.2, -0.15) is 0 Å². The van der Waals surface area contributed by atoms with Crippen molar-refractivity contribution in [1.29, 1.82) is 0 Å². The Labute approximate surface area is 89.9 Å². The monoisotopic (exact) mass is 220 g/mol. The lowest BCUT2D eigenvalue weighted by Crippen LogP contribution is -2.22. The van der Waals surface area contributed by atoms with Crippen molar-refractivity contribution in [3.8, 4) is 0 Å². The molecule has 5 nitrogen and oxygen atoms in total. The van der Waals surface area contributed by atoms with Crippen molar-refractivity contribution < 1.29 is 14.0 Å². The second kappa shape index (κ2) is 3.34. The molecule has 0 saturated heterocycles. The van der Waals surface area contributed by atoms with Crippen LogP contribution in [0.5, 0.6) is 0 Å². The van der Waals surface area contributed by atoms with Crippen molar-refractivity contribution in [3.05, 3.63) is 35.3 Å². The molecular weight excluding hydrogens is 213 g/mol. The number of nitrogens with zero attached hydrogens (tertiary/aromatic N) is 1. The molecule has 0 fully saturated rings. The van der Waals surface area contributed by atoms with Crippen LogP contribution in [-0.2, 0) is 9.59 Å². The third kappa shape index (κ3) is 1.40. The molecule has 4 N–H and O–H groups in total. The van der Waals surface area contributed by atoms with Crippen molar-refractivity contribution in [3.63, 3.8) is 0 Å². The third-order valence-corrected chi connectivity index (χ3v) is 2.18. The highest BCUT2D eigenvalue weighted by Gasteiger charge is 2.29. The fourth-order valence-electron chi connectivity index (χ4n) is 1.54. The number of hydrogen-bond donors (Lipinski definition) is 2. The smallest absolute Gasteiger partial charge is 0.268 e. The van der Waals surface area contributed by atoms with Gasteiger partial charge in [0.15, 0.2) is 0 Å². The van der Waals surface area contributed by atoms with Crippen molar-refractivity contribution in [1.82, 2.24) is 5.32 Å². The van der Waals surface area contributed by atoms with Crippen LogP contribution in [0.3, 0.4) is 0 Å². The van der Waals surface area contributed by atoms with Gasteiger partial charge in [0.1, 0.15) is 11.5 Å². The zero-order valence-electron chi connectivity index (χ0n) is 8.03. The molecule has 16 heavy (non-hydrogen) atoms. The molecule has 1 aliphatic heterocycles. The Kier molecular flexibility index (Phi) is 2.12. The molecule has 1 aromatic carbocycles. The highest BCUT2D eigenvalue weighted by molar-refractivity contribution is 6.27. The van der Waals surface area contributed by atoms with Gasteiger partial charge in [0.2, 0.25) is 0 Å². The first-order valence-corrected chi connectivity index (χ1v) is 4.36. The fraction of sp³-hybridized carbons (Fsp3) is 0. The minimum absolute atomic E-state index is 0.137. The van der Waals surface area contributed by atoms with Crippen LogP contribution in [-0.4, -0.2) is 11.8 Å². The standard InChI is InChI=1S/C10H7FN3O2/c11-4-1-2-6-5(3-4)7(9(12)15)8(14-6)10(13)16/h1-3H,(H2,12,15)(H2,13,16). The maximum absolute atomic E-state index is 13.0. The van der Waals surface area contributed by atoms with Gasteiger partial charge in [-0.25, -0.2) is 9.71 Å². The average Bonchev–Trinajstić information content (AvgIpc) is 2.55. The summed E-state index contributed by atoms with van der Waals surface area (Å²) in [5.41, 5.74) is 10.3. The lowest BCUT2D eigenvalue weighted by molar-refractivity contribution is -0.116. The molecule has 0 aliphatic carbocycles. The van der Waals surface area contributed by atoms with Crippen LogP contribution in [0, 0.1) is 5.82 Å². The predicted octanol–water partition coefficient (Wildman–Crippen LogP) is -0.243. The Balaban J connectivity index is 2.65. The zero-order valence-corrected chi connectivity index (χ0v) is 8.03. The summed E-state index contributed by atoms with van der Waals surface area (Å²) >= 11 is 0. The molecule has 1 aromatic rings. The quantitative estimate of drug-likeness (QED) is 0.718. The molecule has 1 radical (unpaired) electrons. The van der Waals surface area contributed by atoms with Crippen molar-refractivity contribution in [2.24, 2.45) is 11.5 Å². The number of hydrogen-bond acceptors (Lipinski definition) is 2. The summed E-state index contributed by atoms with van der Waals surface area (Å²) in [6.07, 6.45) is 0. The van der Waals surface area contributed by atoms with Gasteiger partial charge in [-0.1, -0.05) is 0 Å². The number of carbonyl (C=O) groups excluding carboxylic acids is 2. The lowest BCUT2D eigenvalue weighted by Gasteiger charge is -1.99. The van der Waals surface area contributed by atoms with Crippen LogP contribution in [0.25, 0.3) is 5.57 Å². The molecule has 0 saturated carbocycles. The van der Waals surface area contributed by atoms with E-state index in [9.17, 15) is 14.0 Å². The number of fused-ring (bicyclic) bond motifs is 1. The Morgan fingerprint density at radius 2 is 1.88 bits per heavy atom. The summed E-state index contributed by atoms with van der Waals surface area (Å²) in [5.74, 6) is -2.27.